The predicted molar refractivity (Wildman–Crippen MR) is 78.8 cm³/mol. The molecule has 22 heavy (non-hydrogen) atoms. The van der Waals surface area contributed by atoms with Crippen LogP contribution in [-0.4, -0.2) is 44.8 Å². The first-order valence-electron chi connectivity index (χ1n) is 6.90. The van der Waals surface area contributed by atoms with Crippen LogP contribution < -0.4 is 10.6 Å². The summed E-state index contributed by atoms with van der Waals surface area (Å²) in [5.41, 5.74) is 2.61. The number of nitrogens with zero attached hydrogens (tertiary/aromatic N) is 4. The lowest BCUT2D eigenvalue weighted by Gasteiger charge is -2.13. The van der Waals surface area contributed by atoms with Gasteiger partial charge in [0.2, 0.25) is 0 Å². The summed E-state index contributed by atoms with van der Waals surface area (Å²) >= 11 is 0. The van der Waals surface area contributed by atoms with E-state index in [1.807, 2.05) is 25.4 Å². The molecule has 2 aromatic heterocycles. The van der Waals surface area contributed by atoms with Crippen molar-refractivity contribution in [2.24, 2.45) is 7.05 Å². The molecular weight excluding hydrogens is 284 g/mol. The van der Waals surface area contributed by atoms with E-state index in [4.69, 9.17) is 0 Å². The molecule has 0 unspecified atom stereocenters. The Morgan fingerprint density at radius 1 is 1.50 bits per heavy atom. The van der Waals surface area contributed by atoms with Crippen LogP contribution in [0.1, 0.15) is 5.56 Å². The second kappa shape index (κ2) is 5.84. The highest BCUT2D eigenvalue weighted by Crippen LogP contribution is 2.16. The molecule has 0 saturated carbocycles. The number of carbonyl (C=O) groups excluding carboxylic acids is 2. The number of pyridine rings is 1. The average molecular weight is 300 g/mol. The molecule has 0 aromatic carbocycles. The van der Waals surface area contributed by atoms with Crippen LogP contribution in [0.4, 0.5) is 9.59 Å². The van der Waals surface area contributed by atoms with Crippen LogP contribution in [0.25, 0.3) is 11.3 Å². The highest BCUT2D eigenvalue weighted by atomic mass is 16.2. The highest BCUT2D eigenvalue weighted by molar-refractivity contribution is 5.94. The van der Waals surface area contributed by atoms with Gasteiger partial charge in [0.25, 0.3) is 0 Å². The van der Waals surface area contributed by atoms with Gasteiger partial charge < -0.3 is 10.6 Å². The Morgan fingerprint density at radius 3 is 3.05 bits per heavy atom. The molecule has 0 aliphatic carbocycles. The number of aryl methyl sites for hydroxylation is 1. The van der Waals surface area contributed by atoms with Crippen molar-refractivity contribution in [3.8, 4) is 11.3 Å². The number of rotatable bonds is 3. The van der Waals surface area contributed by atoms with Crippen LogP contribution in [0.5, 0.6) is 0 Å². The van der Waals surface area contributed by atoms with E-state index in [1.54, 1.807) is 17.1 Å². The van der Waals surface area contributed by atoms with Gasteiger partial charge in [-0.2, -0.15) is 5.10 Å². The van der Waals surface area contributed by atoms with Crippen molar-refractivity contribution in [2.75, 3.05) is 13.1 Å². The van der Waals surface area contributed by atoms with Gasteiger partial charge in [-0.1, -0.05) is 0 Å². The van der Waals surface area contributed by atoms with E-state index in [-0.39, 0.29) is 6.03 Å². The minimum absolute atomic E-state index is 0.332. The summed E-state index contributed by atoms with van der Waals surface area (Å²) in [5.74, 6) is 0. The van der Waals surface area contributed by atoms with E-state index in [2.05, 4.69) is 20.7 Å². The zero-order chi connectivity index (χ0) is 15.5. The number of imide groups is 1. The highest BCUT2D eigenvalue weighted by Gasteiger charge is 2.25. The average Bonchev–Trinajstić information content (AvgIpc) is 3.14. The summed E-state index contributed by atoms with van der Waals surface area (Å²) in [7, 11) is 1.84. The van der Waals surface area contributed by atoms with Gasteiger partial charge in [0.15, 0.2) is 0 Å². The summed E-state index contributed by atoms with van der Waals surface area (Å²) in [6.07, 6.45) is 5.30. The lowest BCUT2D eigenvalue weighted by molar-refractivity contribution is 0.198. The number of amides is 4. The smallest absolute Gasteiger partial charge is 0.325 e. The Balaban J connectivity index is 1.66. The maximum atomic E-state index is 11.9. The lowest BCUT2D eigenvalue weighted by Crippen LogP contribution is -2.41. The first kappa shape index (κ1) is 14.1. The summed E-state index contributed by atoms with van der Waals surface area (Å²) in [6.45, 7) is 1.22. The third kappa shape index (κ3) is 2.90. The van der Waals surface area contributed by atoms with Gasteiger partial charge in [0.1, 0.15) is 0 Å². The standard InChI is InChI=1S/C14H16N6O2/c1-19-9-11(8-18-19)12-6-10(2-3-15-12)7-17-14(22)20-5-4-16-13(20)21/h2-3,6,8-9H,4-5,7H2,1H3,(H,16,21)(H,17,22). The maximum Gasteiger partial charge on any atom is 0.325 e. The SMILES string of the molecule is Cn1cc(-c2cc(CNC(=O)N3CCNC3=O)ccn2)cn1. The van der Waals surface area contributed by atoms with Crippen molar-refractivity contribution < 1.29 is 9.59 Å². The molecule has 2 aromatic rings. The fourth-order valence-electron chi connectivity index (χ4n) is 2.23. The molecule has 3 rings (SSSR count). The van der Waals surface area contributed by atoms with Gasteiger partial charge in [-0.05, 0) is 17.7 Å². The van der Waals surface area contributed by atoms with Crippen LogP contribution >= 0.6 is 0 Å². The molecular formula is C14H16N6O2. The third-order valence-electron chi connectivity index (χ3n) is 3.37. The van der Waals surface area contributed by atoms with Crippen LogP contribution in [0.3, 0.4) is 0 Å². The van der Waals surface area contributed by atoms with E-state index < -0.39 is 6.03 Å². The monoisotopic (exact) mass is 300 g/mol. The van der Waals surface area contributed by atoms with Gasteiger partial charge in [0.05, 0.1) is 11.9 Å². The van der Waals surface area contributed by atoms with Gasteiger partial charge in [-0.25, -0.2) is 14.5 Å². The van der Waals surface area contributed by atoms with E-state index in [1.165, 1.54) is 0 Å². The molecule has 4 amide bonds. The molecule has 0 atom stereocenters. The van der Waals surface area contributed by atoms with Crippen molar-refractivity contribution in [2.45, 2.75) is 6.54 Å². The number of nitrogens with one attached hydrogen (secondary N) is 2. The summed E-state index contributed by atoms with van der Waals surface area (Å²) in [5, 5.41) is 9.43. The zero-order valence-corrected chi connectivity index (χ0v) is 12.1. The summed E-state index contributed by atoms with van der Waals surface area (Å²) in [4.78, 5) is 28.8. The quantitative estimate of drug-likeness (QED) is 0.873. The van der Waals surface area contributed by atoms with E-state index in [0.717, 1.165) is 21.7 Å². The van der Waals surface area contributed by atoms with Crippen molar-refractivity contribution in [3.05, 3.63) is 36.3 Å². The van der Waals surface area contributed by atoms with Gasteiger partial charge in [-0.15, -0.1) is 0 Å². The topological polar surface area (TPSA) is 92.2 Å². The molecule has 3 heterocycles. The van der Waals surface area contributed by atoms with E-state index >= 15 is 0 Å². The van der Waals surface area contributed by atoms with Crippen molar-refractivity contribution >= 4 is 12.1 Å². The molecule has 1 fully saturated rings. The molecule has 0 radical (unpaired) electrons. The van der Waals surface area contributed by atoms with Gasteiger partial charge in [0, 0.05) is 44.6 Å². The zero-order valence-electron chi connectivity index (χ0n) is 12.1. The second-order valence-corrected chi connectivity index (χ2v) is 4.99. The molecule has 114 valence electrons. The third-order valence-corrected chi connectivity index (χ3v) is 3.37. The minimum Gasteiger partial charge on any atom is -0.336 e. The Hall–Kier alpha value is -2.90. The van der Waals surface area contributed by atoms with Crippen molar-refractivity contribution in [1.29, 1.82) is 0 Å². The first-order valence-corrected chi connectivity index (χ1v) is 6.90. The van der Waals surface area contributed by atoms with Crippen LogP contribution in [-0.2, 0) is 13.6 Å². The minimum atomic E-state index is -0.394. The number of aromatic nitrogens is 3. The second-order valence-electron chi connectivity index (χ2n) is 4.99. The van der Waals surface area contributed by atoms with E-state index in [9.17, 15) is 9.59 Å². The molecule has 0 spiro atoms. The first-order chi connectivity index (χ1) is 10.6. The molecule has 1 aliphatic heterocycles. The number of hydrogen-bond donors (Lipinski definition) is 2. The number of hydrogen-bond acceptors (Lipinski definition) is 4. The van der Waals surface area contributed by atoms with Crippen LogP contribution in [0, 0.1) is 0 Å². The predicted octanol–water partition coefficient (Wildman–Crippen LogP) is 0.717. The van der Waals surface area contributed by atoms with E-state index in [0.29, 0.717) is 19.6 Å². The van der Waals surface area contributed by atoms with Gasteiger partial charge >= 0.3 is 12.1 Å². The van der Waals surface area contributed by atoms with Gasteiger partial charge in [-0.3, -0.25) is 9.67 Å². The fraction of sp³-hybridized carbons (Fsp3) is 0.286. The molecule has 1 aliphatic rings. The number of carbonyl (C=O) groups is 2. The Labute approximate surface area is 127 Å². The van der Waals surface area contributed by atoms with Crippen LogP contribution in [0.2, 0.25) is 0 Å². The Kier molecular flexibility index (Phi) is 3.73. The maximum absolute atomic E-state index is 11.9. The Bertz CT molecular complexity index is 711. The largest absolute Gasteiger partial charge is 0.336 e. The molecule has 8 nitrogen and oxygen atoms in total. The Morgan fingerprint density at radius 2 is 2.36 bits per heavy atom. The van der Waals surface area contributed by atoms with Crippen molar-refractivity contribution in [1.82, 2.24) is 30.3 Å². The summed E-state index contributed by atoms with van der Waals surface area (Å²) in [6, 6.07) is 2.96. The molecule has 1 saturated heterocycles. The molecule has 8 heteroatoms. The molecule has 2 N–H and O–H groups in total. The molecule has 0 bridgehead atoms. The number of urea groups is 2. The van der Waals surface area contributed by atoms with Crippen LogP contribution in [0.15, 0.2) is 30.7 Å². The van der Waals surface area contributed by atoms with Crippen molar-refractivity contribution in [3.63, 3.8) is 0 Å². The lowest BCUT2D eigenvalue weighted by atomic mass is 10.1. The normalized spacial score (nSPS) is 14.0. The fourth-order valence-corrected chi connectivity index (χ4v) is 2.23. The summed E-state index contributed by atoms with van der Waals surface area (Å²) < 4.78 is 1.71.